The van der Waals surface area contributed by atoms with Crippen LogP contribution in [0.15, 0.2) is 18.3 Å². The number of likely N-dealkylation sites (tertiary alicyclic amines) is 1. The average Bonchev–Trinajstić information content (AvgIpc) is 2.32. The van der Waals surface area contributed by atoms with Gasteiger partial charge in [0.05, 0.1) is 0 Å². The number of hydrogen-bond donors (Lipinski definition) is 1. The Kier molecular flexibility index (Phi) is 3.97. The van der Waals surface area contributed by atoms with Gasteiger partial charge in [0.25, 0.3) is 5.91 Å². The number of nitrogens with zero attached hydrogens (tertiary/aromatic N) is 2. The van der Waals surface area contributed by atoms with Gasteiger partial charge in [0, 0.05) is 17.3 Å². The van der Waals surface area contributed by atoms with Crippen molar-refractivity contribution >= 4 is 17.5 Å². The lowest BCUT2D eigenvalue weighted by molar-refractivity contribution is 0.0912. The molecule has 1 saturated heterocycles. The summed E-state index contributed by atoms with van der Waals surface area (Å²) < 4.78 is 0. The Morgan fingerprint density at radius 3 is 2.88 bits per heavy atom. The van der Waals surface area contributed by atoms with Crippen molar-refractivity contribution in [3.8, 4) is 0 Å². The Morgan fingerprint density at radius 1 is 1.53 bits per heavy atom. The molecule has 1 amide bonds. The molecular weight excluding hydrogens is 238 g/mol. The smallest absolute Gasteiger partial charge is 0.270 e. The van der Waals surface area contributed by atoms with Gasteiger partial charge < -0.3 is 10.2 Å². The van der Waals surface area contributed by atoms with Gasteiger partial charge in [-0.3, -0.25) is 9.78 Å². The molecule has 1 aromatic rings. The first-order valence-corrected chi connectivity index (χ1v) is 6.14. The van der Waals surface area contributed by atoms with Gasteiger partial charge in [-0.15, -0.1) is 0 Å². The van der Waals surface area contributed by atoms with Crippen LogP contribution in [0, 0.1) is 0 Å². The Labute approximate surface area is 106 Å². The van der Waals surface area contributed by atoms with Gasteiger partial charge in [0.1, 0.15) is 5.69 Å². The third-order valence-corrected chi connectivity index (χ3v) is 3.24. The minimum Gasteiger partial charge on any atom is -0.348 e. The zero-order valence-corrected chi connectivity index (χ0v) is 10.6. The molecule has 92 valence electrons. The fraction of sp³-hybridized carbons (Fsp3) is 0.500. The molecule has 0 spiro atoms. The predicted molar refractivity (Wildman–Crippen MR) is 67.2 cm³/mol. The highest BCUT2D eigenvalue weighted by molar-refractivity contribution is 6.30. The van der Waals surface area contributed by atoms with E-state index < -0.39 is 0 Å². The maximum Gasteiger partial charge on any atom is 0.270 e. The Bertz CT molecular complexity index is 402. The van der Waals surface area contributed by atoms with E-state index in [1.54, 1.807) is 18.3 Å². The average molecular weight is 254 g/mol. The first-order valence-electron chi connectivity index (χ1n) is 5.76. The third kappa shape index (κ3) is 3.41. The van der Waals surface area contributed by atoms with Crippen LogP contribution in [0.1, 0.15) is 23.3 Å². The Hall–Kier alpha value is -1.13. The number of pyridine rings is 1. The van der Waals surface area contributed by atoms with Crippen LogP contribution in [0.3, 0.4) is 0 Å². The SMILES string of the molecule is CN1CCC(NC(=O)c2cc(Cl)ccn2)CC1. The molecule has 0 aliphatic carbocycles. The van der Waals surface area contributed by atoms with Crippen LogP contribution in [-0.2, 0) is 0 Å². The molecule has 0 saturated carbocycles. The highest BCUT2D eigenvalue weighted by Gasteiger charge is 2.19. The van der Waals surface area contributed by atoms with E-state index >= 15 is 0 Å². The number of amides is 1. The molecule has 0 unspecified atom stereocenters. The van der Waals surface area contributed by atoms with Gasteiger partial charge in [-0.05, 0) is 45.1 Å². The van der Waals surface area contributed by atoms with Crippen molar-refractivity contribution < 1.29 is 4.79 Å². The first-order chi connectivity index (χ1) is 8.15. The van der Waals surface area contributed by atoms with Gasteiger partial charge in [-0.1, -0.05) is 11.6 Å². The van der Waals surface area contributed by atoms with Crippen LogP contribution < -0.4 is 5.32 Å². The molecule has 1 aromatic heterocycles. The minimum absolute atomic E-state index is 0.137. The first kappa shape index (κ1) is 12.3. The van der Waals surface area contributed by atoms with Gasteiger partial charge in [0.15, 0.2) is 0 Å². The van der Waals surface area contributed by atoms with E-state index in [2.05, 4.69) is 22.2 Å². The lowest BCUT2D eigenvalue weighted by Crippen LogP contribution is -2.43. The molecule has 1 N–H and O–H groups in total. The largest absolute Gasteiger partial charge is 0.348 e. The molecule has 1 aliphatic heterocycles. The summed E-state index contributed by atoms with van der Waals surface area (Å²) in [6.07, 6.45) is 3.53. The second kappa shape index (κ2) is 5.47. The summed E-state index contributed by atoms with van der Waals surface area (Å²) in [4.78, 5) is 18.2. The number of piperidine rings is 1. The maximum atomic E-state index is 11.9. The van der Waals surface area contributed by atoms with Gasteiger partial charge in [0.2, 0.25) is 0 Å². The third-order valence-electron chi connectivity index (χ3n) is 3.01. The molecule has 4 nitrogen and oxygen atoms in total. The second-order valence-electron chi connectivity index (χ2n) is 4.41. The number of aromatic nitrogens is 1. The van der Waals surface area contributed by atoms with Crippen LogP contribution in [-0.4, -0.2) is 42.0 Å². The molecule has 2 heterocycles. The normalized spacial score (nSPS) is 18.0. The second-order valence-corrected chi connectivity index (χ2v) is 4.85. The maximum absolute atomic E-state index is 11.9. The molecule has 0 radical (unpaired) electrons. The van der Waals surface area contributed by atoms with Crippen molar-refractivity contribution in [1.29, 1.82) is 0 Å². The van der Waals surface area contributed by atoms with E-state index in [1.807, 2.05) is 0 Å². The molecule has 1 aliphatic rings. The fourth-order valence-electron chi connectivity index (χ4n) is 1.94. The molecule has 5 heteroatoms. The Balaban J connectivity index is 1.93. The topological polar surface area (TPSA) is 45.2 Å². The van der Waals surface area contributed by atoms with Crippen LogP contribution in [0.5, 0.6) is 0 Å². The van der Waals surface area contributed by atoms with Crippen molar-refractivity contribution in [2.24, 2.45) is 0 Å². The van der Waals surface area contributed by atoms with E-state index in [0.717, 1.165) is 25.9 Å². The molecular formula is C12H16ClN3O. The van der Waals surface area contributed by atoms with Crippen molar-refractivity contribution in [2.75, 3.05) is 20.1 Å². The summed E-state index contributed by atoms with van der Waals surface area (Å²) >= 11 is 5.82. The lowest BCUT2D eigenvalue weighted by Gasteiger charge is -2.29. The van der Waals surface area contributed by atoms with Gasteiger partial charge in [-0.25, -0.2) is 0 Å². The van der Waals surface area contributed by atoms with Crippen molar-refractivity contribution in [3.63, 3.8) is 0 Å². The number of rotatable bonds is 2. The van der Waals surface area contributed by atoms with E-state index in [0.29, 0.717) is 10.7 Å². The summed E-state index contributed by atoms with van der Waals surface area (Å²) in [5, 5.41) is 3.53. The number of nitrogens with one attached hydrogen (secondary N) is 1. The van der Waals surface area contributed by atoms with Crippen LogP contribution in [0.25, 0.3) is 0 Å². The number of hydrogen-bond acceptors (Lipinski definition) is 3. The van der Waals surface area contributed by atoms with Crippen molar-refractivity contribution in [2.45, 2.75) is 18.9 Å². The number of carbonyl (C=O) groups excluding carboxylic acids is 1. The summed E-state index contributed by atoms with van der Waals surface area (Å²) in [6, 6.07) is 3.50. The highest BCUT2D eigenvalue weighted by Crippen LogP contribution is 2.11. The minimum atomic E-state index is -0.137. The molecule has 17 heavy (non-hydrogen) atoms. The highest BCUT2D eigenvalue weighted by atomic mass is 35.5. The number of carbonyl (C=O) groups is 1. The van der Waals surface area contributed by atoms with Crippen LogP contribution in [0.2, 0.25) is 5.02 Å². The van der Waals surface area contributed by atoms with Gasteiger partial charge in [-0.2, -0.15) is 0 Å². The number of halogens is 1. The van der Waals surface area contributed by atoms with E-state index in [1.165, 1.54) is 0 Å². The summed E-state index contributed by atoms with van der Waals surface area (Å²) in [7, 11) is 2.09. The van der Waals surface area contributed by atoms with E-state index in [9.17, 15) is 4.79 Å². The summed E-state index contributed by atoms with van der Waals surface area (Å²) in [5.41, 5.74) is 0.386. The Morgan fingerprint density at radius 2 is 2.24 bits per heavy atom. The fourth-order valence-corrected chi connectivity index (χ4v) is 2.10. The van der Waals surface area contributed by atoms with E-state index in [4.69, 9.17) is 11.6 Å². The molecule has 2 rings (SSSR count). The summed E-state index contributed by atoms with van der Waals surface area (Å²) in [6.45, 7) is 2.04. The molecule has 0 aromatic carbocycles. The summed E-state index contributed by atoms with van der Waals surface area (Å²) in [5.74, 6) is -0.137. The predicted octanol–water partition coefficient (Wildman–Crippen LogP) is 1.56. The molecule has 1 fully saturated rings. The van der Waals surface area contributed by atoms with E-state index in [-0.39, 0.29) is 11.9 Å². The quantitative estimate of drug-likeness (QED) is 0.870. The zero-order chi connectivity index (χ0) is 12.3. The van der Waals surface area contributed by atoms with Crippen molar-refractivity contribution in [3.05, 3.63) is 29.0 Å². The lowest BCUT2D eigenvalue weighted by atomic mass is 10.1. The van der Waals surface area contributed by atoms with Crippen LogP contribution >= 0.6 is 11.6 Å². The standard InChI is InChI=1S/C12H16ClN3O/c1-16-6-3-10(4-7-16)15-12(17)11-8-9(13)2-5-14-11/h2,5,8,10H,3-4,6-7H2,1H3,(H,15,17). The zero-order valence-electron chi connectivity index (χ0n) is 9.82. The van der Waals surface area contributed by atoms with Crippen molar-refractivity contribution in [1.82, 2.24) is 15.2 Å². The monoisotopic (exact) mass is 253 g/mol. The van der Waals surface area contributed by atoms with Crippen LogP contribution in [0.4, 0.5) is 0 Å². The molecule has 0 atom stereocenters. The van der Waals surface area contributed by atoms with Gasteiger partial charge >= 0.3 is 0 Å². The molecule has 0 bridgehead atoms.